The summed E-state index contributed by atoms with van der Waals surface area (Å²) in [7, 11) is 1.55. The average Bonchev–Trinajstić information content (AvgIpc) is 3.14. The Morgan fingerprint density at radius 2 is 1.86 bits per heavy atom. The molecular formula is C18H15BrN4O3S2. The van der Waals surface area contributed by atoms with Gasteiger partial charge in [0.1, 0.15) is 5.75 Å². The molecule has 0 bridgehead atoms. The number of nitrogens with one attached hydrogen (secondary N) is 2. The van der Waals surface area contributed by atoms with E-state index in [2.05, 4.69) is 36.8 Å². The summed E-state index contributed by atoms with van der Waals surface area (Å²) < 4.78 is 6.48. The number of carbonyl (C=O) groups excluding carboxylic acids is 2. The molecule has 0 saturated heterocycles. The van der Waals surface area contributed by atoms with E-state index in [9.17, 15) is 9.59 Å². The van der Waals surface area contributed by atoms with E-state index in [1.807, 2.05) is 18.2 Å². The van der Waals surface area contributed by atoms with E-state index in [1.54, 1.807) is 37.4 Å². The van der Waals surface area contributed by atoms with E-state index >= 15 is 0 Å². The Morgan fingerprint density at radius 1 is 1.11 bits per heavy atom. The lowest BCUT2D eigenvalue weighted by molar-refractivity contribution is -0.113. The van der Waals surface area contributed by atoms with Crippen molar-refractivity contribution in [2.45, 2.75) is 4.34 Å². The highest BCUT2D eigenvalue weighted by atomic mass is 79.9. The summed E-state index contributed by atoms with van der Waals surface area (Å²) in [5.41, 5.74) is 1.11. The maximum atomic E-state index is 12.3. The molecule has 1 heterocycles. The van der Waals surface area contributed by atoms with Gasteiger partial charge in [-0.3, -0.25) is 14.9 Å². The van der Waals surface area contributed by atoms with Gasteiger partial charge in [0.15, 0.2) is 4.34 Å². The Hall–Kier alpha value is -2.43. The number of para-hydroxylation sites is 2. The largest absolute Gasteiger partial charge is 0.495 e. The number of amides is 2. The van der Waals surface area contributed by atoms with Crippen LogP contribution in [0.1, 0.15) is 10.4 Å². The predicted octanol–water partition coefficient (Wildman–Crippen LogP) is 4.29. The molecule has 0 aliphatic heterocycles. The lowest BCUT2D eigenvalue weighted by atomic mass is 10.2. The number of carbonyl (C=O) groups is 2. The van der Waals surface area contributed by atoms with E-state index in [0.717, 1.165) is 0 Å². The normalized spacial score (nSPS) is 10.4. The lowest BCUT2D eigenvalue weighted by Gasteiger charge is -2.08. The molecular weight excluding hydrogens is 464 g/mol. The zero-order chi connectivity index (χ0) is 19.9. The second kappa shape index (κ2) is 9.67. The number of hydrogen-bond donors (Lipinski definition) is 2. The highest BCUT2D eigenvalue weighted by molar-refractivity contribution is 9.10. The van der Waals surface area contributed by atoms with Gasteiger partial charge in [0, 0.05) is 4.47 Å². The standard InChI is InChI=1S/C18H15BrN4O3S2/c1-26-14-9-5-4-8-13(14)20-15(24)10-27-18-23-22-17(28-18)21-16(25)11-6-2-3-7-12(11)19/h2-9H,10H2,1H3,(H,20,24)(H,21,22,25). The van der Waals surface area contributed by atoms with Crippen LogP contribution in [0.15, 0.2) is 57.3 Å². The third-order valence-electron chi connectivity index (χ3n) is 3.45. The van der Waals surface area contributed by atoms with E-state index in [-0.39, 0.29) is 17.6 Å². The summed E-state index contributed by atoms with van der Waals surface area (Å²) in [5.74, 6) is 0.275. The van der Waals surface area contributed by atoms with E-state index in [1.165, 1.54) is 23.1 Å². The minimum atomic E-state index is -0.283. The molecule has 0 aliphatic carbocycles. The lowest BCUT2D eigenvalue weighted by Crippen LogP contribution is -2.14. The topological polar surface area (TPSA) is 93.2 Å². The van der Waals surface area contributed by atoms with Gasteiger partial charge in [0.25, 0.3) is 5.91 Å². The number of benzene rings is 2. The number of anilines is 2. The van der Waals surface area contributed by atoms with E-state index in [4.69, 9.17) is 4.74 Å². The molecule has 0 fully saturated rings. The van der Waals surface area contributed by atoms with Crippen LogP contribution < -0.4 is 15.4 Å². The zero-order valence-corrected chi connectivity index (χ0v) is 17.9. The van der Waals surface area contributed by atoms with Gasteiger partial charge in [-0.05, 0) is 40.2 Å². The monoisotopic (exact) mass is 478 g/mol. The quantitative estimate of drug-likeness (QED) is 0.388. The van der Waals surface area contributed by atoms with Crippen LogP contribution in [-0.4, -0.2) is 34.9 Å². The van der Waals surface area contributed by atoms with Crippen molar-refractivity contribution in [2.75, 3.05) is 23.5 Å². The van der Waals surface area contributed by atoms with Crippen LogP contribution >= 0.6 is 39.0 Å². The highest BCUT2D eigenvalue weighted by Gasteiger charge is 2.14. The number of aromatic nitrogens is 2. The number of nitrogens with zero attached hydrogens (tertiary/aromatic N) is 2. The smallest absolute Gasteiger partial charge is 0.258 e. The molecule has 2 amide bonds. The second-order valence-corrected chi connectivity index (χ2v) is 8.40. The number of ether oxygens (including phenoxy) is 1. The molecule has 2 aromatic carbocycles. The van der Waals surface area contributed by atoms with Gasteiger partial charge in [-0.2, -0.15) is 0 Å². The molecule has 3 rings (SSSR count). The van der Waals surface area contributed by atoms with Crippen molar-refractivity contribution in [3.8, 4) is 5.75 Å². The van der Waals surface area contributed by atoms with Gasteiger partial charge in [0.2, 0.25) is 11.0 Å². The number of hydrogen-bond acceptors (Lipinski definition) is 7. The molecule has 2 N–H and O–H groups in total. The SMILES string of the molecule is COc1ccccc1NC(=O)CSc1nnc(NC(=O)c2ccccc2Br)s1. The summed E-state index contributed by atoms with van der Waals surface area (Å²) in [6, 6.07) is 14.3. The third kappa shape index (κ3) is 5.31. The first kappa shape index (κ1) is 20.3. The summed E-state index contributed by atoms with van der Waals surface area (Å²) in [4.78, 5) is 24.4. The Kier molecular flexibility index (Phi) is 7.01. The molecule has 28 heavy (non-hydrogen) atoms. The first-order valence-electron chi connectivity index (χ1n) is 8.02. The Bertz CT molecular complexity index is 996. The fraction of sp³-hybridized carbons (Fsp3) is 0.111. The van der Waals surface area contributed by atoms with E-state index < -0.39 is 0 Å². The highest BCUT2D eigenvalue weighted by Crippen LogP contribution is 2.27. The van der Waals surface area contributed by atoms with Gasteiger partial charge in [-0.1, -0.05) is 47.4 Å². The van der Waals surface area contributed by atoms with Crippen LogP contribution in [0.25, 0.3) is 0 Å². The first-order chi connectivity index (χ1) is 13.6. The van der Waals surface area contributed by atoms with Crippen LogP contribution in [0.2, 0.25) is 0 Å². The molecule has 0 unspecified atom stereocenters. The summed E-state index contributed by atoms with van der Waals surface area (Å²) in [6.45, 7) is 0. The first-order valence-corrected chi connectivity index (χ1v) is 10.6. The van der Waals surface area contributed by atoms with Crippen LogP contribution in [0.5, 0.6) is 5.75 Å². The van der Waals surface area contributed by atoms with E-state index in [0.29, 0.717) is 30.9 Å². The molecule has 0 atom stereocenters. The zero-order valence-electron chi connectivity index (χ0n) is 14.6. The van der Waals surface area contributed by atoms with Crippen molar-refractivity contribution >= 4 is 61.7 Å². The molecule has 7 nitrogen and oxygen atoms in total. The predicted molar refractivity (Wildman–Crippen MR) is 114 cm³/mol. The number of rotatable bonds is 7. The van der Waals surface area contributed by atoms with Crippen molar-refractivity contribution < 1.29 is 14.3 Å². The molecule has 3 aromatic rings. The van der Waals surface area contributed by atoms with Crippen molar-refractivity contribution in [3.05, 3.63) is 58.6 Å². The second-order valence-electron chi connectivity index (χ2n) is 5.34. The Balaban J connectivity index is 1.54. The van der Waals surface area contributed by atoms with Crippen LogP contribution in [0.3, 0.4) is 0 Å². The minimum Gasteiger partial charge on any atom is -0.495 e. The van der Waals surface area contributed by atoms with Crippen molar-refractivity contribution in [1.29, 1.82) is 0 Å². The Labute approximate surface area is 178 Å². The van der Waals surface area contributed by atoms with Crippen molar-refractivity contribution in [3.63, 3.8) is 0 Å². The Morgan fingerprint density at radius 3 is 2.64 bits per heavy atom. The average molecular weight is 479 g/mol. The van der Waals surface area contributed by atoms with Crippen LogP contribution in [0.4, 0.5) is 10.8 Å². The number of methoxy groups -OCH3 is 1. The molecule has 144 valence electrons. The molecule has 0 spiro atoms. The van der Waals surface area contributed by atoms with Crippen molar-refractivity contribution in [1.82, 2.24) is 10.2 Å². The van der Waals surface area contributed by atoms with Gasteiger partial charge in [-0.25, -0.2) is 0 Å². The molecule has 10 heteroatoms. The molecule has 1 aromatic heterocycles. The molecule has 0 saturated carbocycles. The summed E-state index contributed by atoms with van der Waals surface area (Å²) in [6.07, 6.45) is 0. The summed E-state index contributed by atoms with van der Waals surface area (Å²) >= 11 is 5.79. The number of thioether (sulfide) groups is 1. The van der Waals surface area contributed by atoms with Gasteiger partial charge in [-0.15, -0.1) is 10.2 Å². The number of halogens is 1. The maximum absolute atomic E-state index is 12.3. The summed E-state index contributed by atoms with van der Waals surface area (Å²) in [5, 5.41) is 13.8. The molecule has 0 aliphatic rings. The maximum Gasteiger partial charge on any atom is 0.258 e. The fourth-order valence-electron chi connectivity index (χ4n) is 2.19. The third-order valence-corrected chi connectivity index (χ3v) is 6.12. The van der Waals surface area contributed by atoms with Gasteiger partial charge >= 0.3 is 0 Å². The van der Waals surface area contributed by atoms with Gasteiger partial charge < -0.3 is 10.1 Å². The van der Waals surface area contributed by atoms with Crippen LogP contribution in [0, 0.1) is 0 Å². The van der Waals surface area contributed by atoms with Crippen LogP contribution in [-0.2, 0) is 4.79 Å². The van der Waals surface area contributed by atoms with Crippen molar-refractivity contribution in [2.24, 2.45) is 0 Å². The fourth-order valence-corrected chi connectivity index (χ4v) is 4.20. The minimum absolute atomic E-state index is 0.158. The molecule has 0 radical (unpaired) electrons. The van der Waals surface area contributed by atoms with Gasteiger partial charge in [0.05, 0.1) is 24.1 Å².